The van der Waals surface area contributed by atoms with Crippen molar-refractivity contribution in [2.45, 2.75) is 19.4 Å². The number of nitrogens with zero attached hydrogens (tertiary/aromatic N) is 2. The van der Waals surface area contributed by atoms with Gasteiger partial charge in [0.1, 0.15) is 11.6 Å². The van der Waals surface area contributed by atoms with Crippen LogP contribution in [-0.2, 0) is 11.3 Å². The van der Waals surface area contributed by atoms with E-state index in [0.717, 1.165) is 11.3 Å². The lowest BCUT2D eigenvalue weighted by molar-refractivity contribution is -0.137. The molecule has 6 heteroatoms. The summed E-state index contributed by atoms with van der Waals surface area (Å²) in [5.41, 5.74) is 1.49. The molecule has 1 aliphatic rings. The van der Waals surface area contributed by atoms with Crippen molar-refractivity contribution in [1.82, 2.24) is 9.80 Å². The number of hydrogen-bond acceptors (Lipinski definition) is 3. The van der Waals surface area contributed by atoms with Gasteiger partial charge in [-0.05, 0) is 54.8 Å². The third-order valence-electron chi connectivity index (χ3n) is 5.42. The molecular weight excluding hydrogens is 383 g/mol. The first-order valence-electron chi connectivity index (χ1n) is 10.1. The van der Waals surface area contributed by atoms with Gasteiger partial charge in [0.15, 0.2) is 0 Å². The number of halogens is 1. The highest BCUT2D eigenvalue weighted by Crippen LogP contribution is 2.23. The van der Waals surface area contributed by atoms with E-state index < -0.39 is 0 Å². The van der Waals surface area contributed by atoms with E-state index in [1.54, 1.807) is 23.0 Å². The molecule has 1 saturated heterocycles. The fraction of sp³-hybridized carbons (Fsp3) is 0.333. The summed E-state index contributed by atoms with van der Waals surface area (Å²) in [6, 6.07) is 13.2. The number of carbonyl (C=O) groups is 2. The van der Waals surface area contributed by atoms with Gasteiger partial charge in [-0.1, -0.05) is 18.2 Å². The van der Waals surface area contributed by atoms with Crippen molar-refractivity contribution in [3.05, 3.63) is 78.1 Å². The van der Waals surface area contributed by atoms with Gasteiger partial charge in [-0.25, -0.2) is 4.39 Å². The summed E-state index contributed by atoms with van der Waals surface area (Å²) in [4.78, 5) is 29.2. The highest BCUT2D eigenvalue weighted by molar-refractivity contribution is 5.94. The third kappa shape index (κ3) is 5.26. The highest BCUT2D eigenvalue weighted by Gasteiger charge is 2.30. The Kier molecular flexibility index (Phi) is 7.22. The van der Waals surface area contributed by atoms with Crippen LogP contribution in [-0.4, -0.2) is 48.4 Å². The molecule has 0 radical (unpaired) electrons. The molecule has 5 nitrogen and oxygen atoms in total. The third-order valence-corrected chi connectivity index (χ3v) is 5.42. The van der Waals surface area contributed by atoms with E-state index in [1.165, 1.54) is 24.3 Å². The maximum Gasteiger partial charge on any atom is 0.253 e. The molecule has 3 rings (SSSR count). The first-order valence-corrected chi connectivity index (χ1v) is 10.1. The predicted molar refractivity (Wildman–Crippen MR) is 114 cm³/mol. The Bertz CT molecular complexity index is 872. The van der Waals surface area contributed by atoms with E-state index in [4.69, 9.17) is 4.74 Å². The number of likely N-dealkylation sites (tertiary alicyclic amines) is 1. The monoisotopic (exact) mass is 410 g/mol. The molecule has 0 spiro atoms. The second-order valence-electron chi connectivity index (χ2n) is 7.43. The van der Waals surface area contributed by atoms with Crippen LogP contribution in [0.3, 0.4) is 0 Å². The lowest BCUT2D eigenvalue weighted by Crippen LogP contribution is -2.44. The van der Waals surface area contributed by atoms with Crippen molar-refractivity contribution in [3.63, 3.8) is 0 Å². The quantitative estimate of drug-likeness (QED) is 0.651. The van der Waals surface area contributed by atoms with Gasteiger partial charge in [0.05, 0.1) is 7.11 Å². The smallest absolute Gasteiger partial charge is 0.253 e. The van der Waals surface area contributed by atoms with Crippen molar-refractivity contribution in [2.75, 3.05) is 26.7 Å². The number of hydrogen-bond donors (Lipinski definition) is 0. The molecule has 0 N–H and O–H groups in total. The fourth-order valence-electron chi connectivity index (χ4n) is 3.70. The van der Waals surface area contributed by atoms with Crippen molar-refractivity contribution in [1.29, 1.82) is 0 Å². The predicted octanol–water partition coefficient (Wildman–Crippen LogP) is 3.90. The van der Waals surface area contributed by atoms with Crippen molar-refractivity contribution < 1.29 is 18.7 Å². The van der Waals surface area contributed by atoms with Gasteiger partial charge < -0.3 is 14.5 Å². The molecule has 0 atom stereocenters. The van der Waals surface area contributed by atoms with Crippen LogP contribution < -0.4 is 4.74 Å². The van der Waals surface area contributed by atoms with Crippen LogP contribution in [0.5, 0.6) is 5.75 Å². The minimum Gasteiger partial charge on any atom is -0.497 e. The first kappa shape index (κ1) is 21.6. The molecule has 1 heterocycles. The Morgan fingerprint density at radius 1 is 1.13 bits per heavy atom. The zero-order chi connectivity index (χ0) is 21.5. The van der Waals surface area contributed by atoms with E-state index in [-0.39, 0.29) is 23.5 Å². The number of carbonyl (C=O) groups excluding carboxylic acids is 2. The molecule has 0 aliphatic carbocycles. The van der Waals surface area contributed by atoms with Gasteiger partial charge in [-0.15, -0.1) is 6.58 Å². The molecule has 2 amide bonds. The van der Waals surface area contributed by atoms with Crippen LogP contribution in [0.1, 0.15) is 28.8 Å². The fourth-order valence-corrected chi connectivity index (χ4v) is 3.70. The number of ether oxygens (including phenoxy) is 1. The van der Waals surface area contributed by atoms with Gasteiger partial charge in [-0.2, -0.15) is 0 Å². The largest absolute Gasteiger partial charge is 0.497 e. The van der Waals surface area contributed by atoms with Crippen molar-refractivity contribution in [2.24, 2.45) is 5.92 Å². The zero-order valence-corrected chi connectivity index (χ0v) is 17.2. The molecule has 0 bridgehead atoms. The van der Waals surface area contributed by atoms with E-state index >= 15 is 0 Å². The Morgan fingerprint density at radius 3 is 2.33 bits per heavy atom. The summed E-state index contributed by atoms with van der Waals surface area (Å²) < 4.78 is 18.3. The SMILES string of the molecule is C=CCN(Cc1ccc(OC)cc1)C(=O)C1CCN(C(=O)c2ccc(F)cc2)CC1. The Labute approximate surface area is 176 Å². The molecule has 1 aliphatic heterocycles. The first-order chi connectivity index (χ1) is 14.5. The van der Waals surface area contributed by atoms with E-state index in [2.05, 4.69) is 6.58 Å². The van der Waals surface area contributed by atoms with Gasteiger partial charge in [-0.3, -0.25) is 9.59 Å². The number of amides is 2. The topological polar surface area (TPSA) is 49.9 Å². The number of benzene rings is 2. The normalized spacial score (nSPS) is 14.3. The zero-order valence-electron chi connectivity index (χ0n) is 17.2. The summed E-state index contributed by atoms with van der Waals surface area (Å²) in [7, 11) is 1.62. The molecule has 0 aromatic heterocycles. The highest BCUT2D eigenvalue weighted by atomic mass is 19.1. The van der Waals surface area contributed by atoms with E-state index in [9.17, 15) is 14.0 Å². The van der Waals surface area contributed by atoms with Crippen molar-refractivity contribution in [3.8, 4) is 5.75 Å². The molecule has 30 heavy (non-hydrogen) atoms. The van der Waals surface area contributed by atoms with Crippen LogP contribution in [0.25, 0.3) is 0 Å². The van der Waals surface area contributed by atoms with Gasteiger partial charge in [0, 0.05) is 37.7 Å². The van der Waals surface area contributed by atoms with E-state index in [1.807, 2.05) is 24.3 Å². The van der Waals surface area contributed by atoms with Crippen LogP contribution in [0, 0.1) is 11.7 Å². The summed E-state index contributed by atoms with van der Waals surface area (Å²) in [5.74, 6) is 0.246. The van der Waals surface area contributed by atoms with Gasteiger partial charge >= 0.3 is 0 Å². The van der Waals surface area contributed by atoms with Crippen LogP contribution in [0.4, 0.5) is 4.39 Å². The minimum atomic E-state index is -0.366. The minimum absolute atomic E-state index is 0.0830. The summed E-state index contributed by atoms with van der Waals surface area (Å²) >= 11 is 0. The second kappa shape index (κ2) is 10.1. The Morgan fingerprint density at radius 2 is 1.77 bits per heavy atom. The molecule has 2 aromatic rings. The molecule has 158 valence electrons. The molecule has 1 fully saturated rings. The summed E-state index contributed by atoms with van der Waals surface area (Å²) in [6.45, 7) is 5.78. The number of piperidine rings is 1. The molecule has 0 unspecified atom stereocenters. The lowest BCUT2D eigenvalue weighted by atomic mass is 9.94. The average molecular weight is 410 g/mol. The maximum absolute atomic E-state index is 13.1. The van der Waals surface area contributed by atoms with Gasteiger partial charge in [0.25, 0.3) is 5.91 Å². The standard InChI is InChI=1S/C24H27FN2O3/c1-3-14-27(17-18-4-10-22(30-2)11-5-18)24(29)20-12-15-26(16-13-20)23(28)19-6-8-21(25)9-7-19/h3-11,20H,1,12-17H2,2H3. The summed E-state index contributed by atoms with van der Waals surface area (Å²) in [5, 5.41) is 0. The molecule has 2 aromatic carbocycles. The van der Waals surface area contributed by atoms with Crippen LogP contribution in [0.2, 0.25) is 0 Å². The number of methoxy groups -OCH3 is 1. The number of rotatable bonds is 7. The van der Waals surface area contributed by atoms with Crippen LogP contribution in [0.15, 0.2) is 61.2 Å². The van der Waals surface area contributed by atoms with E-state index in [0.29, 0.717) is 44.6 Å². The van der Waals surface area contributed by atoms with Crippen molar-refractivity contribution >= 4 is 11.8 Å². The second-order valence-corrected chi connectivity index (χ2v) is 7.43. The Balaban J connectivity index is 1.59. The van der Waals surface area contributed by atoms with Crippen LogP contribution >= 0.6 is 0 Å². The average Bonchev–Trinajstić information content (AvgIpc) is 2.79. The molecular formula is C24H27FN2O3. The Hall–Kier alpha value is -3.15. The van der Waals surface area contributed by atoms with Gasteiger partial charge in [0.2, 0.25) is 5.91 Å². The summed E-state index contributed by atoms with van der Waals surface area (Å²) in [6.07, 6.45) is 2.96. The molecule has 0 saturated carbocycles. The maximum atomic E-state index is 13.1. The lowest BCUT2D eigenvalue weighted by Gasteiger charge is -2.34.